The first-order valence-electron chi connectivity index (χ1n) is 4.15. The molecule has 8 heteroatoms. The molecular weight excluding hydrogens is 226 g/mol. The van der Waals surface area contributed by atoms with Crippen molar-refractivity contribution in [3.8, 4) is 12.0 Å². The Morgan fingerprint density at radius 3 is 1.80 bits per heavy atom. The fourth-order valence-electron chi connectivity index (χ4n) is 0.718. The average Bonchev–Trinajstić information content (AvgIpc) is 2.23. The molecule has 0 saturated carbocycles. The maximum Gasteiger partial charge on any atom is 0.324 e. The fraction of sp³-hybridized carbons (Fsp3) is 0.571. The maximum absolute atomic E-state index is 8.51. The van der Waals surface area contributed by atoms with Crippen LogP contribution in [0.2, 0.25) is 5.28 Å². The molecule has 1 heterocycles. The molecule has 0 spiro atoms. The van der Waals surface area contributed by atoms with E-state index in [9.17, 15) is 0 Å². The standard InChI is InChI=1S/C7H10ClN3O4/c8-5-9-6(14-3-1-12)11-7(10-5)15-4-2-13/h12-13H,1-4H2. The summed E-state index contributed by atoms with van der Waals surface area (Å²) in [4.78, 5) is 11.0. The Labute approximate surface area is 90.7 Å². The van der Waals surface area contributed by atoms with E-state index in [0.29, 0.717) is 0 Å². The molecule has 0 aliphatic carbocycles. The van der Waals surface area contributed by atoms with Gasteiger partial charge in [-0.3, -0.25) is 0 Å². The number of hydrogen-bond donors (Lipinski definition) is 2. The Hall–Kier alpha value is -1.18. The largest absolute Gasteiger partial charge is 0.461 e. The number of aliphatic hydroxyl groups excluding tert-OH is 2. The van der Waals surface area contributed by atoms with E-state index in [4.69, 9.17) is 31.3 Å². The molecule has 7 nitrogen and oxygen atoms in total. The van der Waals surface area contributed by atoms with E-state index >= 15 is 0 Å². The predicted molar refractivity (Wildman–Crippen MR) is 50.0 cm³/mol. The SMILES string of the molecule is OCCOc1nc(Cl)nc(OCCO)n1. The van der Waals surface area contributed by atoms with Crippen molar-refractivity contribution in [1.82, 2.24) is 15.0 Å². The zero-order valence-electron chi connectivity index (χ0n) is 7.76. The highest BCUT2D eigenvalue weighted by Crippen LogP contribution is 2.12. The summed E-state index contributed by atoms with van der Waals surface area (Å²) in [6.45, 7) is -0.203. The average molecular weight is 236 g/mol. The van der Waals surface area contributed by atoms with Crippen LogP contribution in [0.15, 0.2) is 0 Å². The summed E-state index contributed by atoms with van der Waals surface area (Å²) >= 11 is 5.56. The highest BCUT2D eigenvalue weighted by Gasteiger charge is 2.06. The summed E-state index contributed by atoms with van der Waals surface area (Å²) in [6.07, 6.45) is 0. The Kier molecular flexibility index (Phi) is 5.02. The van der Waals surface area contributed by atoms with Gasteiger partial charge in [-0.25, -0.2) is 0 Å². The summed E-state index contributed by atoms with van der Waals surface area (Å²) in [5, 5.41) is 17.0. The molecule has 0 bridgehead atoms. The molecule has 2 N–H and O–H groups in total. The second-order valence-electron chi connectivity index (χ2n) is 2.31. The molecule has 0 fully saturated rings. The topological polar surface area (TPSA) is 97.6 Å². The lowest BCUT2D eigenvalue weighted by molar-refractivity contribution is 0.177. The summed E-state index contributed by atoms with van der Waals surface area (Å²) in [5.41, 5.74) is 0. The van der Waals surface area contributed by atoms with Crippen LogP contribution in [0, 0.1) is 0 Å². The number of rotatable bonds is 6. The van der Waals surface area contributed by atoms with Crippen LogP contribution >= 0.6 is 11.6 Å². The minimum Gasteiger partial charge on any atom is -0.461 e. The van der Waals surface area contributed by atoms with Crippen molar-refractivity contribution in [2.45, 2.75) is 0 Å². The first kappa shape index (κ1) is 11.9. The number of aliphatic hydroxyl groups is 2. The van der Waals surface area contributed by atoms with Crippen LogP contribution in [0.1, 0.15) is 0 Å². The van der Waals surface area contributed by atoms with Crippen molar-refractivity contribution < 1.29 is 19.7 Å². The number of nitrogens with zero attached hydrogens (tertiary/aromatic N) is 3. The van der Waals surface area contributed by atoms with Gasteiger partial charge in [0.15, 0.2) is 0 Å². The highest BCUT2D eigenvalue weighted by molar-refractivity contribution is 6.28. The van der Waals surface area contributed by atoms with Gasteiger partial charge < -0.3 is 19.7 Å². The van der Waals surface area contributed by atoms with Crippen LogP contribution in [-0.4, -0.2) is 51.6 Å². The molecule has 84 valence electrons. The molecule has 0 unspecified atom stereocenters. The van der Waals surface area contributed by atoms with Gasteiger partial charge in [-0.05, 0) is 11.6 Å². The first-order valence-corrected chi connectivity index (χ1v) is 4.53. The monoisotopic (exact) mass is 235 g/mol. The summed E-state index contributed by atoms with van der Waals surface area (Å²) < 4.78 is 9.83. The third-order valence-corrected chi connectivity index (χ3v) is 1.38. The molecule has 0 amide bonds. The van der Waals surface area contributed by atoms with E-state index in [1.807, 2.05) is 0 Å². The number of hydrogen-bond acceptors (Lipinski definition) is 7. The predicted octanol–water partition coefficient (Wildman–Crippen LogP) is -0.733. The smallest absolute Gasteiger partial charge is 0.324 e. The van der Waals surface area contributed by atoms with E-state index in [1.165, 1.54) is 0 Å². The Bertz CT molecular complexity index is 286. The zero-order valence-corrected chi connectivity index (χ0v) is 8.51. The molecule has 1 aromatic heterocycles. The third kappa shape index (κ3) is 4.24. The van der Waals surface area contributed by atoms with Crippen LogP contribution in [-0.2, 0) is 0 Å². The number of halogens is 1. The van der Waals surface area contributed by atoms with Gasteiger partial charge in [-0.1, -0.05) is 0 Å². The molecule has 0 atom stereocenters. The summed E-state index contributed by atoms with van der Waals surface area (Å²) in [6, 6.07) is -0.0611. The fourth-order valence-corrected chi connectivity index (χ4v) is 0.862. The summed E-state index contributed by atoms with van der Waals surface area (Å²) in [7, 11) is 0. The lowest BCUT2D eigenvalue weighted by Gasteiger charge is -2.05. The molecule has 15 heavy (non-hydrogen) atoms. The van der Waals surface area contributed by atoms with E-state index in [2.05, 4.69) is 15.0 Å². The Morgan fingerprint density at radius 2 is 1.40 bits per heavy atom. The minimum atomic E-state index is -0.157. The van der Waals surface area contributed by atoms with Crippen molar-refractivity contribution in [2.24, 2.45) is 0 Å². The first-order chi connectivity index (χ1) is 7.26. The van der Waals surface area contributed by atoms with Crippen LogP contribution in [0.4, 0.5) is 0 Å². The van der Waals surface area contributed by atoms with E-state index in [-0.39, 0.29) is 43.7 Å². The van der Waals surface area contributed by atoms with Gasteiger partial charge in [0, 0.05) is 0 Å². The quantitative estimate of drug-likeness (QED) is 0.671. The second-order valence-corrected chi connectivity index (χ2v) is 2.65. The van der Waals surface area contributed by atoms with Crippen molar-refractivity contribution >= 4 is 11.6 Å². The van der Waals surface area contributed by atoms with Crippen LogP contribution < -0.4 is 9.47 Å². The molecular formula is C7H10ClN3O4. The Morgan fingerprint density at radius 1 is 0.933 bits per heavy atom. The van der Waals surface area contributed by atoms with Gasteiger partial charge in [-0.15, -0.1) is 4.98 Å². The lowest BCUT2D eigenvalue weighted by Crippen LogP contribution is -2.09. The van der Waals surface area contributed by atoms with Crippen molar-refractivity contribution in [2.75, 3.05) is 26.4 Å². The molecule has 0 aromatic carbocycles. The van der Waals surface area contributed by atoms with Crippen LogP contribution in [0.5, 0.6) is 12.0 Å². The molecule has 0 radical (unpaired) electrons. The van der Waals surface area contributed by atoms with Gasteiger partial charge >= 0.3 is 12.0 Å². The zero-order chi connectivity index (χ0) is 11.1. The van der Waals surface area contributed by atoms with E-state index in [1.54, 1.807) is 0 Å². The van der Waals surface area contributed by atoms with Gasteiger partial charge in [0.1, 0.15) is 13.2 Å². The maximum atomic E-state index is 8.51. The van der Waals surface area contributed by atoms with E-state index in [0.717, 1.165) is 0 Å². The second kappa shape index (κ2) is 6.33. The van der Waals surface area contributed by atoms with Crippen LogP contribution in [0.25, 0.3) is 0 Å². The molecule has 0 aliphatic rings. The number of ether oxygens (including phenoxy) is 2. The van der Waals surface area contributed by atoms with Crippen molar-refractivity contribution in [3.05, 3.63) is 5.28 Å². The molecule has 0 saturated heterocycles. The van der Waals surface area contributed by atoms with Gasteiger partial charge in [-0.2, -0.15) is 9.97 Å². The normalized spacial score (nSPS) is 10.1. The highest BCUT2D eigenvalue weighted by atomic mass is 35.5. The molecule has 1 rings (SSSR count). The van der Waals surface area contributed by atoms with Crippen LogP contribution in [0.3, 0.4) is 0 Å². The third-order valence-electron chi connectivity index (χ3n) is 1.21. The van der Waals surface area contributed by atoms with Crippen molar-refractivity contribution in [3.63, 3.8) is 0 Å². The Balaban J connectivity index is 2.66. The number of aromatic nitrogens is 3. The van der Waals surface area contributed by atoms with E-state index < -0.39 is 0 Å². The van der Waals surface area contributed by atoms with Crippen molar-refractivity contribution in [1.29, 1.82) is 0 Å². The summed E-state index contributed by atoms with van der Waals surface area (Å²) in [5.74, 6) is 0. The van der Waals surface area contributed by atoms with Gasteiger partial charge in [0.2, 0.25) is 5.28 Å². The molecule has 0 aliphatic heterocycles. The minimum absolute atomic E-state index is 0.0306. The van der Waals surface area contributed by atoms with Gasteiger partial charge in [0.05, 0.1) is 13.2 Å². The van der Waals surface area contributed by atoms with Gasteiger partial charge in [0.25, 0.3) is 0 Å². The molecule has 1 aromatic rings. The lowest BCUT2D eigenvalue weighted by atomic mass is 10.8.